The maximum atomic E-state index is 11.7. The molecule has 1 heterocycles. The lowest BCUT2D eigenvalue weighted by atomic mass is 10.2. The number of nitrogens with one attached hydrogen (secondary N) is 2. The highest BCUT2D eigenvalue weighted by atomic mass is 35.5. The maximum absolute atomic E-state index is 11.7. The van der Waals surface area contributed by atoms with Gasteiger partial charge in [0.15, 0.2) is 0 Å². The van der Waals surface area contributed by atoms with E-state index >= 15 is 0 Å². The fraction of sp³-hybridized carbons (Fsp3) is 0.455. The zero-order valence-electron chi connectivity index (χ0n) is 9.51. The summed E-state index contributed by atoms with van der Waals surface area (Å²) < 4.78 is 0. The Morgan fingerprint density at radius 1 is 1.44 bits per heavy atom. The third-order valence-electron chi connectivity index (χ3n) is 1.95. The molecule has 0 bridgehead atoms. The molecule has 2 N–H and O–H groups in total. The number of anilines is 1. The van der Waals surface area contributed by atoms with Gasteiger partial charge in [0, 0.05) is 18.7 Å². The fourth-order valence-corrected chi connectivity index (χ4v) is 1.45. The van der Waals surface area contributed by atoms with Gasteiger partial charge in [-0.05, 0) is 25.5 Å². The predicted molar refractivity (Wildman–Crippen MR) is 66.0 cm³/mol. The van der Waals surface area contributed by atoms with E-state index in [1.165, 1.54) is 0 Å². The van der Waals surface area contributed by atoms with Crippen LogP contribution >= 0.6 is 11.6 Å². The van der Waals surface area contributed by atoms with Crippen LogP contribution in [0.25, 0.3) is 0 Å². The van der Waals surface area contributed by atoms with E-state index in [2.05, 4.69) is 15.6 Å². The van der Waals surface area contributed by atoms with Crippen molar-refractivity contribution in [3.8, 4) is 0 Å². The Morgan fingerprint density at radius 2 is 2.19 bits per heavy atom. The van der Waals surface area contributed by atoms with Gasteiger partial charge < -0.3 is 10.6 Å². The van der Waals surface area contributed by atoms with Crippen molar-refractivity contribution in [1.82, 2.24) is 10.3 Å². The molecule has 0 radical (unpaired) electrons. The summed E-state index contributed by atoms with van der Waals surface area (Å²) in [5, 5.41) is 6.14. The number of pyridine rings is 1. The molecule has 0 unspecified atom stereocenters. The van der Waals surface area contributed by atoms with Crippen LogP contribution in [0.15, 0.2) is 12.1 Å². The molecule has 1 aromatic heterocycles. The molecule has 88 valence electrons. The molecule has 16 heavy (non-hydrogen) atoms. The molecule has 1 aromatic rings. The van der Waals surface area contributed by atoms with Crippen molar-refractivity contribution in [2.45, 2.75) is 20.3 Å². The van der Waals surface area contributed by atoms with Gasteiger partial charge in [0.1, 0.15) is 11.0 Å². The Hall–Kier alpha value is -1.29. The lowest BCUT2D eigenvalue weighted by Gasteiger charge is -2.07. The average Bonchev–Trinajstić information content (AvgIpc) is 2.25. The van der Waals surface area contributed by atoms with Crippen molar-refractivity contribution in [3.63, 3.8) is 0 Å². The van der Waals surface area contributed by atoms with Crippen molar-refractivity contribution in [2.75, 3.05) is 18.4 Å². The molecule has 5 heteroatoms. The number of carbonyl (C=O) groups excluding carboxylic acids is 1. The number of amides is 1. The number of carbonyl (C=O) groups is 1. The minimum absolute atomic E-state index is 0.120. The lowest BCUT2D eigenvalue weighted by molar-refractivity contribution is 0.0953. The van der Waals surface area contributed by atoms with E-state index < -0.39 is 0 Å². The Balaban J connectivity index is 2.82. The van der Waals surface area contributed by atoms with E-state index in [1.807, 2.05) is 13.8 Å². The Kier molecular flexibility index (Phi) is 5.05. The largest absolute Gasteiger partial charge is 0.370 e. The number of hydrogen-bond donors (Lipinski definition) is 2. The molecule has 0 atom stereocenters. The number of hydrogen-bond acceptors (Lipinski definition) is 3. The quantitative estimate of drug-likeness (QED) is 0.778. The Bertz CT molecular complexity index is 368. The molecule has 1 amide bonds. The zero-order valence-corrected chi connectivity index (χ0v) is 10.3. The molecular formula is C11H16ClN3O. The smallest absolute Gasteiger partial charge is 0.251 e. The highest BCUT2D eigenvalue weighted by Crippen LogP contribution is 2.14. The summed E-state index contributed by atoms with van der Waals surface area (Å²) in [5.74, 6) is 0.502. The van der Waals surface area contributed by atoms with Crippen LogP contribution in [0, 0.1) is 0 Å². The van der Waals surface area contributed by atoms with Crippen LogP contribution in [0.2, 0.25) is 5.15 Å². The van der Waals surface area contributed by atoms with E-state index in [1.54, 1.807) is 12.1 Å². The van der Waals surface area contributed by atoms with Crippen molar-refractivity contribution in [2.24, 2.45) is 0 Å². The first kappa shape index (κ1) is 12.8. The van der Waals surface area contributed by atoms with Crippen molar-refractivity contribution < 1.29 is 4.79 Å². The molecule has 0 saturated carbocycles. The number of halogens is 1. The number of aromatic nitrogens is 1. The van der Waals surface area contributed by atoms with Gasteiger partial charge in [-0.15, -0.1) is 0 Å². The van der Waals surface area contributed by atoms with Crippen LogP contribution in [0.3, 0.4) is 0 Å². The van der Waals surface area contributed by atoms with Crippen LogP contribution in [0.1, 0.15) is 30.6 Å². The molecule has 0 saturated heterocycles. The molecule has 0 aromatic carbocycles. The second kappa shape index (κ2) is 6.33. The maximum Gasteiger partial charge on any atom is 0.251 e. The monoisotopic (exact) mass is 241 g/mol. The van der Waals surface area contributed by atoms with Gasteiger partial charge in [0.2, 0.25) is 0 Å². The van der Waals surface area contributed by atoms with Gasteiger partial charge in [-0.2, -0.15) is 0 Å². The first-order valence-electron chi connectivity index (χ1n) is 5.37. The van der Waals surface area contributed by atoms with E-state index in [4.69, 9.17) is 11.6 Å². The van der Waals surface area contributed by atoms with Gasteiger partial charge in [0.05, 0.1) is 0 Å². The van der Waals surface area contributed by atoms with Crippen LogP contribution in [-0.4, -0.2) is 24.0 Å². The molecule has 4 nitrogen and oxygen atoms in total. The van der Waals surface area contributed by atoms with E-state index in [0.717, 1.165) is 13.0 Å². The summed E-state index contributed by atoms with van der Waals surface area (Å²) in [4.78, 5) is 15.7. The molecule has 1 rings (SSSR count). The van der Waals surface area contributed by atoms with E-state index in [-0.39, 0.29) is 5.91 Å². The van der Waals surface area contributed by atoms with Crippen molar-refractivity contribution in [3.05, 3.63) is 22.8 Å². The van der Waals surface area contributed by atoms with E-state index in [0.29, 0.717) is 23.1 Å². The molecule has 0 aliphatic heterocycles. The Labute approximate surface area is 100 Å². The third kappa shape index (κ3) is 3.70. The summed E-state index contributed by atoms with van der Waals surface area (Å²) in [6.07, 6.45) is 0.907. The first-order valence-corrected chi connectivity index (χ1v) is 5.74. The van der Waals surface area contributed by atoms with Crippen molar-refractivity contribution in [1.29, 1.82) is 0 Å². The summed E-state index contributed by atoms with van der Waals surface area (Å²) >= 11 is 5.83. The normalized spacial score (nSPS) is 9.94. The van der Waals surface area contributed by atoms with Crippen molar-refractivity contribution >= 4 is 23.3 Å². The highest BCUT2D eigenvalue weighted by molar-refractivity contribution is 6.29. The summed E-state index contributed by atoms with van der Waals surface area (Å²) in [6, 6.07) is 3.26. The van der Waals surface area contributed by atoms with Gasteiger partial charge in [-0.25, -0.2) is 4.98 Å². The van der Waals surface area contributed by atoms with Crippen LogP contribution in [0.5, 0.6) is 0 Å². The summed E-state index contributed by atoms with van der Waals surface area (Å²) in [5.41, 5.74) is 0.532. The van der Waals surface area contributed by atoms with Crippen LogP contribution in [0.4, 0.5) is 5.82 Å². The van der Waals surface area contributed by atoms with Gasteiger partial charge in [-0.3, -0.25) is 4.79 Å². The van der Waals surface area contributed by atoms with Crippen LogP contribution < -0.4 is 10.6 Å². The standard InChI is InChI=1S/C11H16ClN3O/c1-3-5-14-11(16)8-6-9(12)15-10(7-8)13-4-2/h6-7H,3-5H2,1-2H3,(H,13,15)(H,14,16). The van der Waals surface area contributed by atoms with Gasteiger partial charge in [0.25, 0.3) is 5.91 Å². The van der Waals surface area contributed by atoms with Gasteiger partial charge >= 0.3 is 0 Å². The Morgan fingerprint density at radius 3 is 2.81 bits per heavy atom. The second-order valence-electron chi connectivity index (χ2n) is 3.35. The second-order valence-corrected chi connectivity index (χ2v) is 3.74. The summed E-state index contributed by atoms with van der Waals surface area (Å²) in [6.45, 7) is 5.36. The molecule has 0 aliphatic rings. The highest BCUT2D eigenvalue weighted by Gasteiger charge is 2.08. The first-order chi connectivity index (χ1) is 7.67. The summed E-state index contributed by atoms with van der Waals surface area (Å²) in [7, 11) is 0. The molecule has 0 fully saturated rings. The molecule has 0 aliphatic carbocycles. The SMILES string of the molecule is CCCNC(=O)c1cc(Cl)nc(NCC)c1. The zero-order chi connectivity index (χ0) is 12.0. The minimum atomic E-state index is -0.120. The van der Waals surface area contributed by atoms with Gasteiger partial charge in [-0.1, -0.05) is 18.5 Å². The molecular weight excluding hydrogens is 226 g/mol. The topological polar surface area (TPSA) is 54.0 Å². The fourth-order valence-electron chi connectivity index (χ4n) is 1.24. The van der Waals surface area contributed by atoms with E-state index in [9.17, 15) is 4.79 Å². The number of rotatable bonds is 5. The minimum Gasteiger partial charge on any atom is -0.370 e. The molecule has 0 spiro atoms. The lowest BCUT2D eigenvalue weighted by Crippen LogP contribution is -2.24. The number of nitrogens with zero attached hydrogens (tertiary/aromatic N) is 1. The predicted octanol–water partition coefficient (Wildman–Crippen LogP) is 2.31. The van der Waals surface area contributed by atoms with Crippen LogP contribution in [-0.2, 0) is 0 Å². The average molecular weight is 242 g/mol. The third-order valence-corrected chi connectivity index (χ3v) is 2.14.